The highest BCUT2D eigenvalue weighted by atomic mass is 16.6. The highest BCUT2D eigenvalue weighted by Gasteiger charge is 2.24. The van der Waals surface area contributed by atoms with Gasteiger partial charge in [-0.1, -0.05) is 6.92 Å². The molecule has 0 radical (unpaired) electrons. The van der Waals surface area contributed by atoms with Crippen LogP contribution in [-0.4, -0.2) is 35.9 Å². The van der Waals surface area contributed by atoms with Crippen molar-refractivity contribution >= 4 is 11.9 Å². The minimum Gasteiger partial charge on any atom is -0.460 e. The summed E-state index contributed by atoms with van der Waals surface area (Å²) in [5, 5.41) is 0. The summed E-state index contributed by atoms with van der Waals surface area (Å²) >= 11 is 0. The van der Waals surface area contributed by atoms with Crippen LogP contribution < -0.4 is 0 Å². The summed E-state index contributed by atoms with van der Waals surface area (Å²) in [6, 6.07) is 0. The second-order valence-electron chi connectivity index (χ2n) is 7.36. The molecule has 21 heavy (non-hydrogen) atoms. The van der Waals surface area contributed by atoms with E-state index in [-0.39, 0.29) is 18.1 Å². The third-order valence-electron chi connectivity index (χ3n) is 2.36. The molecule has 0 aromatic heterocycles. The largest absolute Gasteiger partial charge is 0.460 e. The van der Waals surface area contributed by atoms with Crippen molar-refractivity contribution in [2.24, 2.45) is 5.92 Å². The first kappa shape index (κ1) is 19.9. The van der Waals surface area contributed by atoms with Crippen molar-refractivity contribution in [2.75, 3.05) is 6.61 Å². The van der Waals surface area contributed by atoms with Crippen LogP contribution in [0, 0.1) is 5.92 Å². The van der Waals surface area contributed by atoms with Gasteiger partial charge in [-0.3, -0.25) is 9.59 Å². The fraction of sp³-hybridized carbons (Fsp3) is 0.875. The molecule has 0 aliphatic rings. The highest BCUT2D eigenvalue weighted by Crippen LogP contribution is 2.14. The van der Waals surface area contributed by atoms with Crippen molar-refractivity contribution in [3.05, 3.63) is 0 Å². The minimum absolute atomic E-state index is 0.0168. The normalized spacial score (nSPS) is 15.2. The molecule has 0 N–H and O–H groups in total. The number of hydrogen-bond acceptors (Lipinski definition) is 5. The zero-order chi connectivity index (χ0) is 16.8. The van der Waals surface area contributed by atoms with Gasteiger partial charge in [0.05, 0.1) is 24.5 Å². The van der Waals surface area contributed by atoms with Crippen LogP contribution in [0.2, 0.25) is 0 Å². The van der Waals surface area contributed by atoms with E-state index in [4.69, 9.17) is 14.2 Å². The average Bonchev–Trinajstić information content (AvgIpc) is 2.22. The third-order valence-corrected chi connectivity index (χ3v) is 2.36. The maximum Gasteiger partial charge on any atom is 0.309 e. The molecular weight excluding hydrogens is 272 g/mol. The average molecular weight is 302 g/mol. The number of carbonyl (C=O) groups excluding carboxylic acids is 2. The van der Waals surface area contributed by atoms with Gasteiger partial charge in [-0.2, -0.15) is 0 Å². The van der Waals surface area contributed by atoms with Crippen LogP contribution in [0.15, 0.2) is 0 Å². The van der Waals surface area contributed by atoms with Gasteiger partial charge < -0.3 is 14.2 Å². The molecule has 0 aliphatic heterocycles. The topological polar surface area (TPSA) is 61.8 Å². The van der Waals surface area contributed by atoms with E-state index in [0.717, 1.165) is 0 Å². The van der Waals surface area contributed by atoms with E-state index in [1.807, 2.05) is 20.8 Å². The van der Waals surface area contributed by atoms with Crippen LogP contribution in [0.5, 0.6) is 0 Å². The maximum atomic E-state index is 11.9. The summed E-state index contributed by atoms with van der Waals surface area (Å²) in [7, 11) is 0. The Morgan fingerprint density at radius 1 is 0.952 bits per heavy atom. The lowest BCUT2D eigenvalue weighted by atomic mass is 10.1. The molecular formula is C16H30O5. The standard InChI is InChI=1S/C16H30O5/c1-11(9-13(17)21-16(6,7)8)14(18)20-12(2)10-19-15(3,4)5/h11-12H,9-10H2,1-8H3/t11-,12+/m1/s1. The fourth-order valence-corrected chi connectivity index (χ4v) is 1.43. The summed E-state index contributed by atoms with van der Waals surface area (Å²) < 4.78 is 16.0. The first-order valence-electron chi connectivity index (χ1n) is 7.36. The fourth-order valence-electron chi connectivity index (χ4n) is 1.43. The molecule has 0 bridgehead atoms. The summed E-state index contributed by atoms with van der Waals surface area (Å²) in [6.07, 6.45) is -0.332. The first-order valence-corrected chi connectivity index (χ1v) is 7.36. The van der Waals surface area contributed by atoms with Gasteiger partial charge in [0.15, 0.2) is 0 Å². The van der Waals surface area contributed by atoms with E-state index in [1.165, 1.54) is 0 Å². The van der Waals surface area contributed by atoms with E-state index < -0.39 is 23.5 Å². The van der Waals surface area contributed by atoms with Crippen LogP contribution in [0.3, 0.4) is 0 Å². The van der Waals surface area contributed by atoms with Crippen molar-refractivity contribution in [3.8, 4) is 0 Å². The van der Waals surface area contributed by atoms with E-state index >= 15 is 0 Å². The van der Waals surface area contributed by atoms with Crippen LogP contribution in [-0.2, 0) is 23.8 Å². The Balaban J connectivity index is 4.18. The second-order valence-corrected chi connectivity index (χ2v) is 7.36. The number of esters is 2. The lowest BCUT2D eigenvalue weighted by Crippen LogP contribution is -2.31. The quantitative estimate of drug-likeness (QED) is 0.706. The second kappa shape index (κ2) is 7.78. The van der Waals surface area contributed by atoms with E-state index in [2.05, 4.69) is 0 Å². The van der Waals surface area contributed by atoms with Gasteiger partial charge in [-0.15, -0.1) is 0 Å². The van der Waals surface area contributed by atoms with Crippen molar-refractivity contribution in [1.82, 2.24) is 0 Å². The smallest absolute Gasteiger partial charge is 0.309 e. The third kappa shape index (κ3) is 11.3. The molecule has 5 heteroatoms. The molecule has 124 valence electrons. The number of ether oxygens (including phenoxy) is 3. The Morgan fingerprint density at radius 2 is 1.48 bits per heavy atom. The molecule has 0 unspecified atom stereocenters. The van der Waals surface area contributed by atoms with Gasteiger partial charge >= 0.3 is 11.9 Å². The van der Waals surface area contributed by atoms with Gasteiger partial charge in [0.25, 0.3) is 0 Å². The predicted octanol–water partition coefficient (Wildman–Crippen LogP) is 3.10. The molecule has 0 rings (SSSR count). The van der Waals surface area contributed by atoms with Gasteiger partial charge in [-0.25, -0.2) is 0 Å². The van der Waals surface area contributed by atoms with Gasteiger partial charge in [0.2, 0.25) is 0 Å². The summed E-state index contributed by atoms with van der Waals surface area (Å²) in [6.45, 7) is 14.9. The molecule has 0 aromatic carbocycles. The first-order chi connectivity index (χ1) is 9.30. The summed E-state index contributed by atoms with van der Waals surface area (Å²) in [5.41, 5.74) is -0.822. The summed E-state index contributed by atoms with van der Waals surface area (Å²) in [5.74, 6) is -1.34. The Morgan fingerprint density at radius 3 is 1.90 bits per heavy atom. The Labute approximate surface area is 128 Å². The van der Waals surface area contributed by atoms with Crippen LogP contribution in [0.25, 0.3) is 0 Å². The van der Waals surface area contributed by atoms with E-state index in [9.17, 15) is 9.59 Å². The molecule has 0 amide bonds. The lowest BCUT2D eigenvalue weighted by molar-refractivity contribution is -0.165. The van der Waals surface area contributed by atoms with Gasteiger partial charge in [-0.05, 0) is 48.5 Å². The number of carbonyl (C=O) groups is 2. The van der Waals surface area contributed by atoms with Gasteiger partial charge in [0.1, 0.15) is 11.7 Å². The minimum atomic E-state index is -0.547. The molecule has 0 fully saturated rings. The molecule has 0 aromatic rings. The van der Waals surface area contributed by atoms with E-state index in [1.54, 1.807) is 34.6 Å². The number of rotatable bonds is 6. The Kier molecular flexibility index (Phi) is 7.37. The summed E-state index contributed by atoms with van der Waals surface area (Å²) in [4.78, 5) is 23.6. The van der Waals surface area contributed by atoms with Crippen molar-refractivity contribution < 1.29 is 23.8 Å². The van der Waals surface area contributed by atoms with Crippen LogP contribution >= 0.6 is 0 Å². The van der Waals surface area contributed by atoms with Crippen molar-refractivity contribution in [1.29, 1.82) is 0 Å². The molecule has 0 saturated carbocycles. The molecule has 0 heterocycles. The highest BCUT2D eigenvalue weighted by molar-refractivity contribution is 5.79. The lowest BCUT2D eigenvalue weighted by Gasteiger charge is -2.24. The Hall–Kier alpha value is -1.10. The number of hydrogen-bond donors (Lipinski definition) is 0. The SMILES string of the molecule is C[C@H](CC(=O)OC(C)(C)C)C(=O)O[C@@H](C)COC(C)(C)C. The van der Waals surface area contributed by atoms with Crippen LogP contribution in [0.4, 0.5) is 0 Å². The monoisotopic (exact) mass is 302 g/mol. The zero-order valence-electron chi connectivity index (χ0n) is 14.6. The Bertz CT molecular complexity index is 349. The zero-order valence-corrected chi connectivity index (χ0v) is 14.6. The maximum absolute atomic E-state index is 11.9. The molecule has 0 aliphatic carbocycles. The molecule has 0 saturated heterocycles. The van der Waals surface area contributed by atoms with E-state index in [0.29, 0.717) is 6.61 Å². The van der Waals surface area contributed by atoms with Crippen molar-refractivity contribution in [2.45, 2.75) is 79.1 Å². The molecule has 2 atom stereocenters. The molecule has 5 nitrogen and oxygen atoms in total. The molecule has 0 spiro atoms. The predicted molar refractivity (Wildman–Crippen MR) is 80.9 cm³/mol. The van der Waals surface area contributed by atoms with Crippen LogP contribution in [0.1, 0.15) is 61.8 Å². The van der Waals surface area contributed by atoms with Crippen molar-refractivity contribution in [3.63, 3.8) is 0 Å². The van der Waals surface area contributed by atoms with Gasteiger partial charge in [0, 0.05) is 0 Å².